The summed E-state index contributed by atoms with van der Waals surface area (Å²) in [6, 6.07) is 12.4. The van der Waals surface area contributed by atoms with Crippen molar-refractivity contribution < 1.29 is 13.2 Å². The van der Waals surface area contributed by atoms with Gasteiger partial charge in [-0.1, -0.05) is 17.7 Å². The molecule has 5 nitrogen and oxygen atoms in total. The van der Waals surface area contributed by atoms with E-state index >= 15 is 0 Å². The zero-order valence-corrected chi connectivity index (χ0v) is 11.6. The van der Waals surface area contributed by atoms with Gasteiger partial charge >= 0.3 is 0 Å². The summed E-state index contributed by atoms with van der Waals surface area (Å²) >= 11 is 5.95. The van der Waals surface area contributed by atoms with Gasteiger partial charge in [-0.15, -0.1) is 0 Å². The maximum Gasteiger partial charge on any atom is 0.238 e. The van der Waals surface area contributed by atoms with Crippen LogP contribution in [0.5, 0.6) is 11.5 Å². The van der Waals surface area contributed by atoms with Crippen molar-refractivity contribution in [2.75, 3.05) is 0 Å². The van der Waals surface area contributed by atoms with Crippen LogP contribution < -0.4 is 9.88 Å². The molecule has 0 aliphatic carbocycles. The average Bonchev–Trinajstić information content (AvgIpc) is 2.40. The number of benzene rings is 2. The summed E-state index contributed by atoms with van der Waals surface area (Å²) in [5, 5.41) is 13.9. The fraction of sp³-hybridized carbons (Fsp3) is 0. The Morgan fingerprint density at radius 2 is 1.95 bits per heavy atom. The molecule has 0 spiro atoms. The predicted molar refractivity (Wildman–Crippen MR) is 74.1 cm³/mol. The first-order valence-corrected chi connectivity index (χ1v) is 7.33. The van der Waals surface area contributed by atoms with Gasteiger partial charge in [-0.2, -0.15) is 5.26 Å². The van der Waals surface area contributed by atoms with E-state index in [4.69, 9.17) is 26.7 Å². The van der Waals surface area contributed by atoms with Crippen LogP contribution in [0.2, 0.25) is 5.02 Å². The third-order valence-corrected chi connectivity index (χ3v) is 3.63. The largest absolute Gasteiger partial charge is 0.456 e. The minimum absolute atomic E-state index is 0.0966. The molecule has 2 rings (SSSR count). The summed E-state index contributed by atoms with van der Waals surface area (Å²) in [5.41, 5.74) is 0.444. The highest BCUT2D eigenvalue weighted by atomic mass is 35.5. The molecule has 0 saturated heterocycles. The maximum absolute atomic E-state index is 11.2. The highest BCUT2D eigenvalue weighted by Gasteiger charge is 2.11. The molecular weight excluding hydrogens is 300 g/mol. The zero-order chi connectivity index (χ0) is 14.8. The summed E-state index contributed by atoms with van der Waals surface area (Å²) in [4.78, 5) is -0.0966. The minimum Gasteiger partial charge on any atom is -0.456 e. The van der Waals surface area contributed by atoms with E-state index in [1.807, 2.05) is 6.07 Å². The Labute approximate surface area is 121 Å². The summed E-state index contributed by atoms with van der Waals surface area (Å²) < 4.78 is 27.9. The van der Waals surface area contributed by atoms with E-state index in [1.54, 1.807) is 24.3 Å². The molecule has 0 bridgehead atoms. The monoisotopic (exact) mass is 308 g/mol. The second-order valence-electron chi connectivity index (χ2n) is 3.88. The summed E-state index contributed by atoms with van der Waals surface area (Å²) in [6.45, 7) is 0. The smallest absolute Gasteiger partial charge is 0.238 e. The van der Waals surface area contributed by atoms with E-state index in [0.29, 0.717) is 11.3 Å². The van der Waals surface area contributed by atoms with Crippen LogP contribution in [0.15, 0.2) is 47.4 Å². The van der Waals surface area contributed by atoms with E-state index in [9.17, 15) is 8.42 Å². The molecular formula is C13H9ClN2O3S. The predicted octanol–water partition coefficient (Wildman–Crippen LogP) is 2.65. The molecule has 0 aromatic heterocycles. The lowest BCUT2D eigenvalue weighted by Gasteiger charge is -2.08. The number of hydrogen-bond acceptors (Lipinski definition) is 4. The number of primary sulfonamides is 1. The SMILES string of the molecule is N#Cc1cccc(Oc2ccc(S(N)(=O)=O)cc2Cl)c1. The third-order valence-electron chi connectivity index (χ3n) is 2.42. The molecule has 0 fully saturated rings. The van der Waals surface area contributed by atoms with Crippen LogP contribution in [0.3, 0.4) is 0 Å². The highest BCUT2D eigenvalue weighted by Crippen LogP contribution is 2.31. The molecule has 0 saturated carbocycles. The molecule has 0 radical (unpaired) electrons. The van der Waals surface area contributed by atoms with Crippen molar-refractivity contribution in [1.82, 2.24) is 0 Å². The molecule has 0 atom stereocenters. The van der Waals surface area contributed by atoms with Gasteiger partial charge in [0, 0.05) is 0 Å². The van der Waals surface area contributed by atoms with E-state index in [2.05, 4.69) is 0 Å². The van der Waals surface area contributed by atoms with Gasteiger partial charge in [0.05, 0.1) is 21.6 Å². The molecule has 0 unspecified atom stereocenters. The first-order chi connectivity index (χ1) is 9.40. The Balaban J connectivity index is 2.33. The molecule has 7 heteroatoms. The van der Waals surface area contributed by atoms with Gasteiger partial charge in [0.2, 0.25) is 10.0 Å². The van der Waals surface area contributed by atoms with Crippen molar-refractivity contribution in [3.63, 3.8) is 0 Å². The van der Waals surface area contributed by atoms with Gasteiger partial charge < -0.3 is 4.74 Å². The first-order valence-electron chi connectivity index (χ1n) is 5.40. The van der Waals surface area contributed by atoms with Crippen molar-refractivity contribution in [3.05, 3.63) is 53.1 Å². The van der Waals surface area contributed by atoms with Crippen LogP contribution in [-0.2, 0) is 10.0 Å². The second kappa shape index (κ2) is 5.51. The molecule has 0 aliphatic heterocycles. The molecule has 0 heterocycles. The lowest BCUT2D eigenvalue weighted by molar-refractivity contribution is 0.482. The molecule has 102 valence electrons. The van der Waals surface area contributed by atoms with Crippen LogP contribution in [-0.4, -0.2) is 8.42 Å². The number of halogens is 1. The number of rotatable bonds is 3. The minimum atomic E-state index is -3.81. The van der Waals surface area contributed by atoms with Crippen LogP contribution in [0.4, 0.5) is 0 Å². The fourth-order valence-corrected chi connectivity index (χ4v) is 2.32. The van der Waals surface area contributed by atoms with E-state index in [-0.39, 0.29) is 15.7 Å². The van der Waals surface area contributed by atoms with Crippen LogP contribution in [0.25, 0.3) is 0 Å². The number of hydrogen-bond donors (Lipinski definition) is 1. The van der Waals surface area contributed by atoms with Gasteiger partial charge in [0.1, 0.15) is 11.5 Å². The van der Waals surface area contributed by atoms with E-state index in [0.717, 1.165) is 0 Å². The van der Waals surface area contributed by atoms with Crippen molar-refractivity contribution >= 4 is 21.6 Å². The molecule has 2 aromatic carbocycles. The van der Waals surface area contributed by atoms with Gasteiger partial charge in [-0.05, 0) is 36.4 Å². The van der Waals surface area contributed by atoms with Crippen LogP contribution in [0, 0.1) is 11.3 Å². The van der Waals surface area contributed by atoms with Gasteiger partial charge in [0.15, 0.2) is 0 Å². The zero-order valence-electron chi connectivity index (χ0n) is 10.1. The Morgan fingerprint density at radius 1 is 1.20 bits per heavy atom. The molecule has 0 aliphatic rings. The van der Waals surface area contributed by atoms with Crippen molar-refractivity contribution in [1.29, 1.82) is 5.26 Å². The van der Waals surface area contributed by atoms with Crippen molar-refractivity contribution in [2.24, 2.45) is 5.14 Å². The molecule has 2 aromatic rings. The summed E-state index contributed by atoms with van der Waals surface area (Å²) in [5.74, 6) is 0.698. The number of ether oxygens (including phenoxy) is 1. The second-order valence-corrected chi connectivity index (χ2v) is 5.85. The van der Waals surface area contributed by atoms with Crippen LogP contribution in [0.1, 0.15) is 5.56 Å². The quantitative estimate of drug-likeness (QED) is 0.943. The topological polar surface area (TPSA) is 93.2 Å². The molecule has 0 amide bonds. The Kier molecular flexibility index (Phi) is 3.95. The summed E-state index contributed by atoms with van der Waals surface area (Å²) in [6.07, 6.45) is 0. The van der Waals surface area contributed by atoms with Gasteiger partial charge in [0.25, 0.3) is 0 Å². The lowest BCUT2D eigenvalue weighted by Crippen LogP contribution is -2.11. The highest BCUT2D eigenvalue weighted by molar-refractivity contribution is 7.89. The third kappa shape index (κ3) is 3.27. The Morgan fingerprint density at radius 3 is 2.55 bits per heavy atom. The number of nitrogens with zero attached hydrogens (tertiary/aromatic N) is 1. The standard InChI is InChI=1S/C13H9ClN2O3S/c14-12-7-11(20(16,17)18)4-5-13(12)19-10-3-1-2-9(6-10)8-15/h1-7H,(H2,16,17,18). The lowest BCUT2D eigenvalue weighted by atomic mass is 10.2. The van der Waals surface area contributed by atoms with E-state index < -0.39 is 10.0 Å². The molecule has 20 heavy (non-hydrogen) atoms. The summed E-state index contributed by atoms with van der Waals surface area (Å²) in [7, 11) is -3.81. The molecule has 2 N–H and O–H groups in total. The maximum atomic E-state index is 11.2. The number of nitriles is 1. The first kappa shape index (κ1) is 14.3. The van der Waals surface area contributed by atoms with Gasteiger partial charge in [-0.25, -0.2) is 13.6 Å². The van der Waals surface area contributed by atoms with Crippen LogP contribution >= 0.6 is 11.6 Å². The van der Waals surface area contributed by atoms with E-state index in [1.165, 1.54) is 18.2 Å². The number of nitrogens with two attached hydrogens (primary N) is 1. The number of sulfonamides is 1. The van der Waals surface area contributed by atoms with Crippen molar-refractivity contribution in [2.45, 2.75) is 4.90 Å². The normalized spacial score (nSPS) is 10.8. The van der Waals surface area contributed by atoms with Crippen molar-refractivity contribution in [3.8, 4) is 17.6 Å². The Hall–Kier alpha value is -2.07. The van der Waals surface area contributed by atoms with Gasteiger partial charge in [-0.3, -0.25) is 0 Å². The average molecular weight is 309 g/mol. The fourth-order valence-electron chi connectivity index (χ4n) is 1.50. The Bertz CT molecular complexity index is 798.